The molecular weight excluding hydrogens is 228 g/mol. The molecule has 0 spiro atoms. The minimum atomic E-state index is -0.937. The number of rotatable bonds is 3. The topological polar surface area (TPSA) is 66.2 Å². The zero-order valence-corrected chi connectivity index (χ0v) is 10.8. The van der Waals surface area contributed by atoms with E-state index in [1.165, 1.54) is 0 Å². The summed E-state index contributed by atoms with van der Waals surface area (Å²) in [7, 11) is 0. The first kappa shape index (κ1) is 12.9. The van der Waals surface area contributed by atoms with Crippen molar-refractivity contribution in [3.63, 3.8) is 0 Å². The van der Waals surface area contributed by atoms with Crippen LogP contribution < -0.4 is 15.3 Å². The molecule has 2 unspecified atom stereocenters. The van der Waals surface area contributed by atoms with E-state index in [0.717, 1.165) is 31.6 Å². The lowest BCUT2D eigenvalue weighted by molar-refractivity contribution is -0.312. The van der Waals surface area contributed by atoms with E-state index in [1.807, 2.05) is 31.2 Å². The molecule has 0 aliphatic carbocycles. The molecule has 1 heterocycles. The van der Waals surface area contributed by atoms with E-state index in [4.69, 9.17) is 5.73 Å². The fourth-order valence-electron chi connectivity index (χ4n) is 3.10. The molecule has 1 fully saturated rings. The van der Waals surface area contributed by atoms with Gasteiger partial charge in [0.2, 0.25) is 0 Å². The zero-order chi connectivity index (χ0) is 13.2. The maximum atomic E-state index is 11.4. The van der Waals surface area contributed by atoms with E-state index in [9.17, 15) is 9.90 Å². The molecule has 1 aliphatic rings. The molecule has 0 amide bonds. The maximum Gasteiger partial charge on any atom is 0.134 e. The lowest BCUT2D eigenvalue weighted by Gasteiger charge is -2.47. The highest BCUT2D eigenvalue weighted by atomic mass is 16.4. The average molecular weight is 248 g/mol. The van der Waals surface area contributed by atoms with Crippen LogP contribution in [-0.4, -0.2) is 25.1 Å². The number of likely N-dealkylation sites (tertiary alicyclic amines) is 1. The molecule has 1 saturated heterocycles. The van der Waals surface area contributed by atoms with Crippen molar-refractivity contribution in [3.05, 3.63) is 24.3 Å². The third-order valence-corrected chi connectivity index (χ3v) is 4.12. The van der Waals surface area contributed by atoms with Gasteiger partial charge in [0.05, 0.1) is 19.1 Å². The Morgan fingerprint density at radius 2 is 2.06 bits per heavy atom. The second-order valence-corrected chi connectivity index (χ2v) is 5.00. The highest BCUT2D eigenvalue weighted by molar-refractivity contribution is 5.75. The van der Waals surface area contributed by atoms with Gasteiger partial charge in [-0.25, -0.2) is 0 Å². The predicted octanol–water partition coefficient (Wildman–Crippen LogP) is 0.898. The summed E-state index contributed by atoms with van der Waals surface area (Å²) in [4.78, 5) is 11.4. The van der Waals surface area contributed by atoms with E-state index >= 15 is 0 Å². The monoisotopic (exact) mass is 248 g/mol. The van der Waals surface area contributed by atoms with Crippen LogP contribution in [0.15, 0.2) is 24.3 Å². The average Bonchev–Trinajstić information content (AvgIpc) is 2.39. The van der Waals surface area contributed by atoms with Crippen molar-refractivity contribution in [2.24, 2.45) is 0 Å². The van der Waals surface area contributed by atoms with E-state index < -0.39 is 12.0 Å². The summed E-state index contributed by atoms with van der Waals surface area (Å²) in [5.74, 6) is -0.937. The Bertz CT molecular complexity index is 430. The molecule has 0 bridgehead atoms. The highest BCUT2D eigenvalue weighted by Crippen LogP contribution is 2.33. The number of hydrogen-bond acceptors (Lipinski definition) is 3. The predicted molar refractivity (Wildman–Crippen MR) is 70.7 cm³/mol. The Balaban J connectivity index is 2.43. The minimum Gasteiger partial charge on any atom is -0.544 e. The van der Waals surface area contributed by atoms with Crippen LogP contribution in [0, 0.1) is 0 Å². The number of carbonyl (C=O) groups excluding carboxylic acids is 1. The van der Waals surface area contributed by atoms with Gasteiger partial charge in [0.15, 0.2) is 0 Å². The highest BCUT2D eigenvalue weighted by Gasteiger charge is 2.40. The van der Waals surface area contributed by atoms with E-state index in [0.29, 0.717) is 16.6 Å². The van der Waals surface area contributed by atoms with Crippen LogP contribution in [0.2, 0.25) is 0 Å². The van der Waals surface area contributed by atoms with Crippen LogP contribution in [0.4, 0.5) is 11.4 Å². The van der Waals surface area contributed by atoms with Crippen molar-refractivity contribution in [3.8, 4) is 0 Å². The normalized spacial score (nSPS) is 27.9. The number of benzene rings is 1. The van der Waals surface area contributed by atoms with Crippen molar-refractivity contribution in [2.75, 3.05) is 18.8 Å². The number of hydrogen-bond donors (Lipinski definition) is 1. The van der Waals surface area contributed by atoms with Gasteiger partial charge in [0.25, 0.3) is 0 Å². The van der Waals surface area contributed by atoms with Crippen LogP contribution >= 0.6 is 0 Å². The van der Waals surface area contributed by atoms with Crippen LogP contribution in [0.1, 0.15) is 26.2 Å². The molecule has 0 saturated carbocycles. The number of likely N-dealkylation sites (N-methyl/N-ethyl adjacent to an activating group) is 1. The molecule has 0 aromatic heterocycles. The lowest BCUT2D eigenvalue weighted by atomic mass is 9.96. The van der Waals surface area contributed by atoms with E-state index in [-0.39, 0.29) is 0 Å². The van der Waals surface area contributed by atoms with Gasteiger partial charge in [0, 0.05) is 24.2 Å². The van der Waals surface area contributed by atoms with E-state index in [1.54, 1.807) is 0 Å². The SMILES string of the molecule is CC[N+]1(c2ccc(N)cc2)CCCCC1C(=O)[O-]. The van der Waals surface area contributed by atoms with Gasteiger partial charge in [-0.05, 0) is 31.9 Å². The summed E-state index contributed by atoms with van der Waals surface area (Å²) in [6.45, 7) is 3.67. The summed E-state index contributed by atoms with van der Waals surface area (Å²) in [5, 5.41) is 11.4. The number of nitrogens with zero attached hydrogens (tertiary/aromatic N) is 1. The molecule has 2 atom stereocenters. The number of nitrogens with two attached hydrogens (primary N) is 1. The second kappa shape index (κ2) is 4.98. The van der Waals surface area contributed by atoms with Crippen LogP contribution in [0.5, 0.6) is 0 Å². The number of aliphatic carboxylic acids is 1. The largest absolute Gasteiger partial charge is 0.544 e. The molecule has 1 aliphatic heterocycles. The van der Waals surface area contributed by atoms with Crippen molar-refractivity contribution in [1.29, 1.82) is 0 Å². The zero-order valence-electron chi connectivity index (χ0n) is 10.8. The standard InChI is InChI=1S/C14H20N2O2/c1-2-16(12-8-6-11(15)7-9-12)10-4-3-5-13(16)14(17)18/h6-9,13H,2-5,10,15H2,1H3. The van der Waals surface area contributed by atoms with Gasteiger partial charge in [0.1, 0.15) is 11.7 Å². The first-order chi connectivity index (χ1) is 8.60. The number of carboxylic acid groups (broad SMARTS) is 1. The number of piperidine rings is 1. The van der Waals surface area contributed by atoms with E-state index in [2.05, 4.69) is 0 Å². The smallest absolute Gasteiger partial charge is 0.134 e. The Kier molecular flexibility index (Phi) is 3.57. The quantitative estimate of drug-likeness (QED) is 0.638. The molecule has 4 heteroatoms. The fourth-order valence-corrected chi connectivity index (χ4v) is 3.10. The van der Waals surface area contributed by atoms with Gasteiger partial charge >= 0.3 is 0 Å². The minimum absolute atomic E-state index is 0.438. The molecule has 1 aromatic carbocycles. The first-order valence-electron chi connectivity index (χ1n) is 6.54. The molecule has 18 heavy (non-hydrogen) atoms. The maximum absolute atomic E-state index is 11.4. The Hall–Kier alpha value is -1.55. The summed E-state index contributed by atoms with van der Waals surface area (Å²) < 4.78 is 0.489. The summed E-state index contributed by atoms with van der Waals surface area (Å²) in [5.41, 5.74) is 7.43. The summed E-state index contributed by atoms with van der Waals surface area (Å²) in [6.07, 6.45) is 2.72. The molecule has 2 rings (SSSR count). The summed E-state index contributed by atoms with van der Waals surface area (Å²) >= 11 is 0. The van der Waals surface area contributed by atoms with Crippen LogP contribution in [-0.2, 0) is 4.79 Å². The Morgan fingerprint density at radius 1 is 1.39 bits per heavy atom. The first-order valence-corrected chi connectivity index (χ1v) is 6.54. The van der Waals surface area contributed by atoms with Crippen molar-refractivity contribution in [2.45, 2.75) is 32.2 Å². The van der Waals surface area contributed by atoms with Gasteiger partial charge in [-0.3, -0.25) is 4.48 Å². The van der Waals surface area contributed by atoms with Crippen molar-refractivity contribution < 1.29 is 9.90 Å². The Labute approximate surface area is 108 Å². The lowest BCUT2D eigenvalue weighted by Crippen LogP contribution is -2.65. The molecule has 98 valence electrons. The van der Waals surface area contributed by atoms with Gasteiger partial charge < -0.3 is 15.6 Å². The molecule has 1 aromatic rings. The van der Waals surface area contributed by atoms with Crippen molar-refractivity contribution >= 4 is 17.3 Å². The molecule has 4 nitrogen and oxygen atoms in total. The third-order valence-electron chi connectivity index (χ3n) is 4.12. The third kappa shape index (κ3) is 2.08. The molecule has 0 radical (unpaired) electrons. The van der Waals surface area contributed by atoms with Crippen LogP contribution in [0.3, 0.4) is 0 Å². The Morgan fingerprint density at radius 3 is 2.61 bits per heavy atom. The fraction of sp³-hybridized carbons (Fsp3) is 0.500. The molecular formula is C14H20N2O2. The number of quaternary nitrogens is 1. The summed E-state index contributed by atoms with van der Waals surface area (Å²) in [6, 6.07) is 7.13. The number of carbonyl (C=O) groups is 1. The van der Waals surface area contributed by atoms with Gasteiger partial charge in [-0.2, -0.15) is 0 Å². The van der Waals surface area contributed by atoms with Gasteiger partial charge in [-0.1, -0.05) is 0 Å². The number of carboxylic acids is 1. The van der Waals surface area contributed by atoms with Gasteiger partial charge in [-0.15, -0.1) is 0 Å². The number of anilines is 1. The molecule has 2 N–H and O–H groups in total. The van der Waals surface area contributed by atoms with Crippen molar-refractivity contribution in [1.82, 2.24) is 4.48 Å². The van der Waals surface area contributed by atoms with Crippen LogP contribution in [0.25, 0.3) is 0 Å². The second-order valence-electron chi connectivity index (χ2n) is 5.00. The number of nitrogen functional groups attached to an aromatic ring is 1.